The molecule has 0 spiro atoms. The molecule has 21 heavy (non-hydrogen) atoms. The van der Waals surface area contributed by atoms with Crippen LogP contribution in [-0.2, 0) is 4.74 Å². The lowest BCUT2D eigenvalue weighted by Gasteiger charge is -2.20. The van der Waals surface area contributed by atoms with Crippen molar-refractivity contribution in [2.24, 2.45) is 0 Å². The van der Waals surface area contributed by atoms with Gasteiger partial charge in [-0.15, -0.1) is 11.3 Å². The van der Waals surface area contributed by atoms with Crippen molar-refractivity contribution in [1.82, 2.24) is 9.88 Å². The summed E-state index contributed by atoms with van der Waals surface area (Å²) in [6.45, 7) is 3.39. The van der Waals surface area contributed by atoms with Crippen molar-refractivity contribution in [2.45, 2.75) is 25.9 Å². The first-order chi connectivity index (χ1) is 10.1. The zero-order valence-corrected chi connectivity index (χ0v) is 13.1. The van der Waals surface area contributed by atoms with Gasteiger partial charge in [-0.25, -0.2) is 4.98 Å². The number of nitrogen functional groups attached to an aromatic ring is 1. The first-order valence-electron chi connectivity index (χ1n) is 7.08. The van der Waals surface area contributed by atoms with Gasteiger partial charge in [-0.3, -0.25) is 4.79 Å². The Balaban J connectivity index is 1.87. The second-order valence-corrected chi connectivity index (χ2v) is 6.47. The Kier molecular flexibility index (Phi) is 3.82. The van der Waals surface area contributed by atoms with E-state index < -0.39 is 0 Å². The number of hydrogen-bond acceptors (Lipinski definition) is 5. The lowest BCUT2D eigenvalue weighted by molar-refractivity contribution is 0.0591. The number of carbonyl (C=O) groups is 1. The van der Waals surface area contributed by atoms with E-state index in [0.717, 1.165) is 35.2 Å². The molecule has 2 aromatic heterocycles. The van der Waals surface area contributed by atoms with Crippen LogP contribution >= 0.6 is 11.3 Å². The highest BCUT2D eigenvalue weighted by molar-refractivity contribution is 7.21. The fourth-order valence-corrected chi connectivity index (χ4v) is 3.85. The van der Waals surface area contributed by atoms with Gasteiger partial charge < -0.3 is 15.4 Å². The Bertz CT molecular complexity index is 677. The number of amides is 1. The van der Waals surface area contributed by atoms with Crippen LogP contribution < -0.4 is 5.73 Å². The van der Waals surface area contributed by atoms with Gasteiger partial charge in [0.2, 0.25) is 0 Å². The highest BCUT2D eigenvalue weighted by atomic mass is 32.1. The van der Waals surface area contributed by atoms with Gasteiger partial charge in [0.25, 0.3) is 5.91 Å². The summed E-state index contributed by atoms with van der Waals surface area (Å²) in [6.07, 6.45) is 3.98. The van der Waals surface area contributed by atoms with Crippen molar-refractivity contribution in [1.29, 1.82) is 0 Å². The number of ether oxygens (including phenoxy) is 1. The summed E-state index contributed by atoms with van der Waals surface area (Å²) in [4.78, 5) is 20.0. The highest BCUT2D eigenvalue weighted by Crippen LogP contribution is 2.35. The minimum Gasteiger partial charge on any atom is -0.397 e. The Morgan fingerprint density at radius 1 is 1.62 bits per heavy atom. The third-order valence-electron chi connectivity index (χ3n) is 3.88. The molecule has 6 heteroatoms. The van der Waals surface area contributed by atoms with Crippen LogP contribution in [0.5, 0.6) is 0 Å². The summed E-state index contributed by atoms with van der Waals surface area (Å²) in [5.74, 6) is -0.0506. The topological polar surface area (TPSA) is 68.5 Å². The quantitative estimate of drug-likeness (QED) is 0.945. The van der Waals surface area contributed by atoms with Crippen molar-refractivity contribution >= 4 is 33.1 Å². The molecule has 2 N–H and O–H groups in total. The van der Waals surface area contributed by atoms with Crippen molar-refractivity contribution in [3.63, 3.8) is 0 Å². The van der Waals surface area contributed by atoms with E-state index in [1.807, 2.05) is 13.0 Å². The third kappa shape index (κ3) is 2.61. The second kappa shape index (κ2) is 5.61. The van der Waals surface area contributed by atoms with Crippen LogP contribution in [0.25, 0.3) is 10.2 Å². The maximum Gasteiger partial charge on any atom is 0.265 e. The molecular formula is C15H19N3O2S. The van der Waals surface area contributed by atoms with Crippen LogP contribution in [0.2, 0.25) is 0 Å². The SMILES string of the molecule is Cc1ccnc2sc(C(=O)N(C)CC3CCCO3)c(N)c12. The molecule has 0 aliphatic carbocycles. The molecule has 1 fully saturated rings. The van der Waals surface area contributed by atoms with Crippen LogP contribution in [0.15, 0.2) is 12.3 Å². The molecule has 1 atom stereocenters. The summed E-state index contributed by atoms with van der Waals surface area (Å²) in [7, 11) is 1.80. The Morgan fingerprint density at radius 2 is 2.43 bits per heavy atom. The molecule has 3 rings (SSSR count). The van der Waals surface area contributed by atoms with Gasteiger partial charge in [0.15, 0.2) is 0 Å². The number of thiophene rings is 1. The van der Waals surface area contributed by atoms with Crippen LogP contribution in [0.3, 0.4) is 0 Å². The summed E-state index contributed by atoms with van der Waals surface area (Å²) >= 11 is 1.36. The molecule has 1 unspecified atom stereocenters. The maximum absolute atomic E-state index is 12.6. The fraction of sp³-hybridized carbons (Fsp3) is 0.467. The van der Waals surface area contributed by atoms with Crippen LogP contribution in [-0.4, -0.2) is 42.1 Å². The van der Waals surface area contributed by atoms with Crippen LogP contribution in [0, 0.1) is 6.92 Å². The Morgan fingerprint density at radius 3 is 3.10 bits per heavy atom. The number of carbonyl (C=O) groups excluding carboxylic acids is 1. The number of aryl methyl sites for hydroxylation is 1. The van der Waals surface area contributed by atoms with E-state index in [-0.39, 0.29) is 12.0 Å². The number of anilines is 1. The lowest BCUT2D eigenvalue weighted by Crippen LogP contribution is -2.33. The number of pyridine rings is 1. The molecule has 0 saturated carbocycles. The normalized spacial score (nSPS) is 18.3. The summed E-state index contributed by atoms with van der Waals surface area (Å²) < 4.78 is 5.58. The molecule has 1 amide bonds. The molecule has 0 aromatic carbocycles. The number of aromatic nitrogens is 1. The van der Waals surface area contributed by atoms with Gasteiger partial charge in [-0.05, 0) is 31.4 Å². The monoisotopic (exact) mass is 305 g/mol. The zero-order valence-electron chi connectivity index (χ0n) is 12.3. The minimum absolute atomic E-state index is 0.0506. The maximum atomic E-state index is 12.6. The Labute approximate surface area is 127 Å². The van der Waals surface area contributed by atoms with E-state index in [2.05, 4.69) is 4.98 Å². The molecule has 1 aliphatic heterocycles. The van der Waals surface area contributed by atoms with Gasteiger partial charge in [0.05, 0.1) is 11.8 Å². The fourth-order valence-electron chi connectivity index (χ4n) is 2.71. The van der Waals surface area contributed by atoms with Gasteiger partial charge in [-0.2, -0.15) is 0 Å². The standard InChI is InChI=1S/C15H19N3O2S/c1-9-5-6-17-14-11(9)12(16)13(21-14)15(19)18(2)8-10-4-3-7-20-10/h5-6,10H,3-4,7-8,16H2,1-2H3. The lowest BCUT2D eigenvalue weighted by atomic mass is 10.1. The summed E-state index contributed by atoms with van der Waals surface area (Å²) in [5, 5.41) is 0.899. The molecule has 2 aromatic rings. The molecule has 0 radical (unpaired) electrons. The molecule has 1 saturated heterocycles. The smallest absolute Gasteiger partial charge is 0.265 e. The highest BCUT2D eigenvalue weighted by Gasteiger charge is 2.24. The van der Waals surface area contributed by atoms with Gasteiger partial charge in [-0.1, -0.05) is 0 Å². The van der Waals surface area contributed by atoms with Gasteiger partial charge >= 0.3 is 0 Å². The number of rotatable bonds is 3. The van der Waals surface area contributed by atoms with E-state index in [1.54, 1.807) is 18.1 Å². The molecule has 0 bridgehead atoms. The predicted octanol–water partition coefficient (Wildman–Crippen LogP) is 2.44. The number of hydrogen-bond donors (Lipinski definition) is 1. The van der Waals surface area contributed by atoms with E-state index in [4.69, 9.17) is 10.5 Å². The molecule has 5 nitrogen and oxygen atoms in total. The van der Waals surface area contributed by atoms with Crippen molar-refractivity contribution in [3.8, 4) is 0 Å². The van der Waals surface area contributed by atoms with E-state index in [9.17, 15) is 4.79 Å². The molecule has 112 valence electrons. The van der Waals surface area contributed by atoms with Crippen molar-refractivity contribution < 1.29 is 9.53 Å². The number of likely N-dealkylation sites (N-methyl/N-ethyl adjacent to an activating group) is 1. The average Bonchev–Trinajstić information content (AvgIpc) is 3.07. The largest absolute Gasteiger partial charge is 0.397 e. The predicted molar refractivity (Wildman–Crippen MR) is 84.7 cm³/mol. The van der Waals surface area contributed by atoms with Gasteiger partial charge in [0, 0.05) is 31.8 Å². The first-order valence-corrected chi connectivity index (χ1v) is 7.90. The van der Waals surface area contributed by atoms with E-state index in [1.165, 1.54) is 11.3 Å². The molecular weight excluding hydrogens is 286 g/mol. The van der Waals surface area contributed by atoms with Crippen molar-refractivity contribution in [3.05, 3.63) is 22.7 Å². The van der Waals surface area contributed by atoms with Gasteiger partial charge in [0.1, 0.15) is 9.71 Å². The van der Waals surface area contributed by atoms with E-state index in [0.29, 0.717) is 17.1 Å². The zero-order chi connectivity index (χ0) is 15.0. The van der Waals surface area contributed by atoms with Crippen molar-refractivity contribution in [2.75, 3.05) is 25.9 Å². The first kappa shape index (κ1) is 14.3. The number of nitrogens with zero attached hydrogens (tertiary/aromatic N) is 2. The minimum atomic E-state index is -0.0506. The average molecular weight is 305 g/mol. The summed E-state index contributed by atoms with van der Waals surface area (Å²) in [5.41, 5.74) is 7.77. The number of nitrogens with two attached hydrogens (primary N) is 1. The number of fused-ring (bicyclic) bond motifs is 1. The van der Waals surface area contributed by atoms with Crippen LogP contribution in [0.4, 0.5) is 5.69 Å². The molecule has 1 aliphatic rings. The second-order valence-electron chi connectivity index (χ2n) is 5.47. The summed E-state index contributed by atoms with van der Waals surface area (Å²) in [6, 6.07) is 1.91. The Hall–Kier alpha value is -1.66. The third-order valence-corrected chi connectivity index (χ3v) is 4.98. The van der Waals surface area contributed by atoms with Crippen LogP contribution in [0.1, 0.15) is 28.1 Å². The van der Waals surface area contributed by atoms with E-state index >= 15 is 0 Å². The molecule has 3 heterocycles.